The number of rotatable bonds is 2. The Morgan fingerprint density at radius 3 is 2.83 bits per heavy atom. The molecule has 1 aromatic carbocycles. The van der Waals surface area contributed by atoms with Crippen molar-refractivity contribution < 1.29 is 0 Å². The first-order valence-electron chi connectivity index (χ1n) is 5.77. The van der Waals surface area contributed by atoms with Gasteiger partial charge in [-0.15, -0.1) is 0 Å². The van der Waals surface area contributed by atoms with Crippen molar-refractivity contribution in [2.24, 2.45) is 0 Å². The molecule has 0 atom stereocenters. The van der Waals surface area contributed by atoms with Crippen LogP contribution in [0.5, 0.6) is 0 Å². The SMILES string of the molecule is CCc1cccc2c(Cl)nc(-c3ccsc3)nc12. The fraction of sp³-hybridized carbons (Fsp3) is 0.143. The second-order valence-electron chi connectivity index (χ2n) is 4.02. The van der Waals surface area contributed by atoms with Crippen molar-refractivity contribution in [3.05, 3.63) is 45.7 Å². The Morgan fingerprint density at radius 2 is 2.11 bits per heavy atom. The number of benzene rings is 1. The second kappa shape index (κ2) is 4.67. The van der Waals surface area contributed by atoms with Crippen molar-refractivity contribution in [2.45, 2.75) is 13.3 Å². The van der Waals surface area contributed by atoms with Gasteiger partial charge < -0.3 is 0 Å². The van der Waals surface area contributed by atoms with Crippen molar-refractivity contribution in [3.8, 4) is 11.4 Å². The van der Waals surface area contributed by atoms with E-state index in [4.69, 9.17) is 11.6 Å². The lowest BCUT2D eigenvalue weighted by molar-refractivity contribution is 1.13. The van der Waals surface area contributed by atoms with Gasteiger partial charge in [-0.05, 0) is 29.5 Å². The van der Waals surface area contributed by atoms with E-state index in [-0.39, 0.29) is 0 Å². The number of fused-ring (bicyclic) bond motifs is 1. The molecule has 0 unspecified atom stereocenters. The summed E-state index contributed by atoms with van der Waals surface area (Å²) in [6.45, 7) is 2.12. The van der Waals surface area contributed by atoms with Crippen molar-refractivity contribution >= 4 is 33.8 Å². The molecule has 0 spiro atoms. The predicted octanol–water partition coefficient (Wildman–Crippen LogP) is 4.57. The van der Waals surface area contributed by atoms with Crippen LogP contribution in [0.15, 0.2) is 35.0 Å². The van der Waals surface area contributed by atoms with Crippen molar-refractivity contribution in [1.29, 1.82) is 0 Å². The van der Waals surface area contributed by atoms with Crippen molar-refractivity contribution in [3.63, 3.8) is 0 Å². The summed E-state index contributed by atoms with van der Waals surface area (Å²) in [6, 6.07) is 8.06. The van der Waals surface area contributed by atoms with E-state index in [9.17, 15) is 0 Å². The summed E-state index contributed by atoms with van der Waals surface area (Å²) in [4.78, 5) is 9.04. The first-order valence-corrected chi connectivity index (χ1v) is 7.09. The topological polar surface area (TPSA) is 25.8 Å². The monoisotopic (exact) mass is 274 g/mol. The Balaban J connectivity index is 2.32. The van der Waals surface area contributed by atoms with E-state index in [1.165, 1.54) is 5.56 Å². The van der Waals surface area contributed by atoms with Crippen LogP contribution in [0.1, 0.15) is 12.5 Å². The van der Waals surface area contributed by atoms with Gasteiger partial charge in [0.2, 0.25) is 0 Å². The number of hydrogen-bond donors (Lipinski definition) is 0. The van der Waals surface area contributed by atoms with Crippen LogP contribution < -0.4 is 0 Å². The Labute approximate surface area is 114 Å². The third kappa shape index (κ3) is 1.89. The number of thiophene rings is 1. The largest absolute Gasteiger partial charge is 0.228 e. The molecule has 3 rings (SSSR count). The van der Waals surface area contributed by atoms with Crippen LogP contribution in [0.4, 0.5) is 0 Å². The number of aryl methyl sites for hydroxylation is 1. The van der Waals surface area contributed by atoms with E-state index < -0.39 is 0 Å². The summed E-state index contributed by atoms with van der Waals surface area (Å²) in [5.74, 6) is 0.703. The Bertz CT molecular complexity index is 692. The summed E-state index contributed by atoms with van der Waals surface area (Å²) >= 11 is 7.89. The lowest BCUT2D eigenvalue weighted by atomic mass is 10.1. The zero-order valence-corrected chi connectivity index (χ0v) is 11.4. The standard InChI is InChI=1S/C14H11ClN2S/c1-2-9-4-3-5-11-12(9)16-14(17-13(11)15)10-6-7-18-8-10/h3-8H,2H2,1H3. The summed E-state index contributed by atoms with van der Waals surface area (Å²) in [5, 5.41) is 5.50. The van der Waals surface area contributed by atoms with E-state index in [0.717, 1.165) is 22.9 Å². The zero-order chi connectivity index (χ0) is 12.5. The van der Waals surface area contributed by atoms with Crippen LogP contribution in [0.2, 0.25) is 5.15 Å². The molecule has 3 aromatic rings. The number of para-hydroxylation sites is 1. The van der Waals surface area contributed by atoms with E-state index in [1.54, 1.807) is 11.3 Å². The smallest absolute Gasteiger partial charge is 0.162 e. The number of nitrogens with zero attached hydrogens (tertiary/aromatic N) is 2. The summed E-state index contributed by atoms with van der Waals surface area (Å²) < 4.78 is 0. The van der Waals surface area contributed by atoms with Gasteiger partial charge in [0, 0.05) is 16.3 Å². The summed E-state index contributed by atoms with van der Waals surface area (Å²) in [6.07, 6.45) is 0.938. The lowest BCUT2D eigenvalue weighted by Crippen LogP contribution is -1.94. The van der Waals surface area contributed by atoms with Crippen LogP contribution in [0, 0.1) is 0 Å². The molecular weight excluding hydrogens is 264 g/mol. The maximum atomic E-state index is 6.26. The normalized spacial score (nSPS) is 11.0. The minimum absolute atomic E-state index is 0.525. The summed E-state index contributed by atoms with van der Waals surface area (Å²) in [5.41, 5.74) is 3.18. The Morgan fingerprint density at radius 1 is 1.22 bits per heavy atom. The van der Waals surface area contributed by atoms with Crippen LogP contribution in [0.25, 0.3) is 22.3 Å². The quantitative estimate of drug-likeness (QED) is 0.640. The number of halogens is 1. The van der Waals surface area contributed by atoms with Gasteiger partial charge in [0.25, 0.3) is 0 Å². The van der Waals surface area contributed by atoms with Crippen LogP contribution in [-0.4, -0.2) is 9.97 Å². The fourth-order valence-electron chi connectivity index (χ4n) is 1.98. The van der Waals surface area contributed by atoms with Gasteiger partial charge in [-0.25, -0.2) is 9.97 Å². The van der Waals surface area contributed by atoms with Gasteiger partial charge in [-0.3, -0.25) is 0 Å². The van der Waals surface area contributed by atoms with Gasteiger partial charge in [-0.2, -0.15) is 11.3 Å². The van der Waals surface area contributed by atoms with Gasteiger partial charge in [0.15, 0.2) is 5.82 Å². The van der Waals surface area contributed by atoms with Crippen LogP contribution >= 0.6 is 22.9 Å². The molecule has 0 fully saturated rings. The lowest BCUT2D eigenvalue weighted by Gasteiger charge is -2.06. The zero-order valence-electron chi connectivity index (χ0n) is 9.85. The molecule has 0 bridgehead atoms. The average Bonchev–Trinajstić information content (AvgIpc) is 2.92. The van der Waals surface area contributed by atoms with E-state index in [1.807, 2.05) is 29.0 Å². The fourth-order valence-corrected chi connectivity index (χ4v) is 2.85. The molecule has 0 N–H and O–H groups in total. The van der Waals surface area contributed by atoms with Crippen molar-refractivity contribution in [1.82, 2.24) is 9.97 Å². The molecule has 0 aliphatic heterocycles. The van der Waals surface area contributed by atoms with Gasteiger partial charge in [0.1, 0.15) is 5.15 Å². The van der Waals surface area contributed by atoms with Crippen molar-refractivity contribution in [2.75, 3.05) is 0 Å². The number of hydrogen-bond acceptors (Lipinski definition) is 3. The van der Waals surface area contributed by atoms with Gasteiger partial charge in [-0.1, -0.05) is 30.7 Å². The molecule has 2 aromatic heterocycles. The Hall–Kier alpha value is -1.45. The molecule has 4 heteroatoms. The molecule has 18 heavy (non-hydrogen) atoms. The van der Waals surface area contributed by atoms with Gasteiger partial charge in [0.05, 0.1) is 5.52 Å². The predicted molar refractivity (Wildman–Crippen MR) is 77.2 cm³/mol. The highest BCUT2D eigenvalue weighted by Gasteiger charge is 2.10. The molecule has 0 aliphatic rings. The second-order valence-corrected chi connectivity index (χ2v) is 5.15. The average molecular weight is 275 g/mol. The van der Waals surface area contributed by atoms with Gasteiger partial charge >= 0.3 is 0 Å². The highest BCUT2D eigenvalue weighted by Crippen LogP contribution is 2.27. The maximum absolute atomic E-state index is 6.26. The van der Waals surface area contributed by atoms with Crippen LogP contribution in [-0.2, 0) is 6.42 Å². The van der Waals surface area contributed by atoms with E-state index in [2.05, 4.69) is 23.0 Å². The van der Waals surface area contributed by atoms with E-state index >= 15 is 0 Å². The number of aromatic nitrogens is 2. The van der Waals surface area contributed by atoms with Crippen LogP contribution in [0.3, 0.4) is 0 Å². The molecule has 0 aliphatic carbocycles. The molecule has 2 nitrogen and oxygen atoms in total. The minimum atomic E-state index is 0.525. The molecule has 0 amide bonds. The third-order valence-corrected chi connectivity index (χ3v) is 3.90. The first-order chi connectivity index (χ1) is 8.79. The third-order valence-electron chi connectivity index (χ3n) is 2.92. The minimum Gasteiger partial charge on any atom is -0.228 e. The first kappa shape index (κ1) is 11.6. The molecule has 90 valence electrons. The summed E-state index contributed by atoms with van der Waals surface area (Å²) in [7, 11) is 0. The molecule has 0 radical (unpaired) electrons. The Kier molecular flexibility index (Phi) is 3.02. The molecular formula is C14H11ClN2S. The highest BCUT2D eigenvalue weighted by molar-refractivity contribution is 7.08. The molecule has 0 saturated carbocycles. The highest BCUT2D eigenvalue weighted by atomic mass is 35.5. The van der Waals surface area contributed by atoms with E-state index in [0.29, 0.717) is 11.0 Å². The maximum Gasteiger partial charge on any atom is 0.162 e. The molecule has 2 heterocycles. The molecule has 0 saturated heterocycles.